The number of ether oxygens (including phenoxy) is 3. The molecule has 3 saturated heterocycles. The van der Waals surface area contributed by atoms with Crippen LogP contribution in [0.5, 0.6) is 0 Å². The van der Waals surface area contributed by atoms with Gasteiger partial charge in [-0.1, -0.05) is 0 Å². The van der Waals surface area contributed by atoms with Gasteiger partial charge in [0.05, 0.1) is 32.1 Å². The van der Waals surface area contributed by atoms with E-state index in [-0.39, 0.29) is 5.60 Å². The third-order valence-corrected chi connectivity index (χ3v) is 5.66. The van der Waals surface area contributed by atoms with E-state index in [1.807, 2.05) is 4.90 Å². The number of anilines is 1. The second-order valence-electron chi connectivity index (χ2n) is 7.85. The third kappa shape index (κ3) is 6.23. The maximum Gasteiger partial charge on any atom is 0.490 e. The van der Waals surface area contributed by atoms with Crippen molar-refractivity contribution >= 4 is 11.9 Å². The van der Waals surface area contributed by atoms with E-state index in [0.717, 1.165) is 65.4 Å². The Balaban J connectivity index is 0.000000339. The number of hydrogen-bond donors (Lipinski definition) is 1. The van der Waals surface area contributed by atoms with Crippen LogP contribution in [0.4, 0.5) is 23.5 Å². The van der Waals surface area contributed by atoms with Crippen LogP contribution in [0.3, 0.4) is 0 Å². The fraction of sp³-hybridized carbons (Fsp3) is 0.737. The van der Waals surface area contributed by atoms with Crippen molar-refractivity contribution in [2.45, 2.75) is 31.0 Å². The van der Waals surface area contributed by atoms with Crippen LogP contribution in [-0.2, 0) is 19.0 Å². The molecule has 1 aromatic rings. The Labute approximate surface area is 176 Å². The van der Waals surface area contributed by atoms with Gasteiger partial charge in [0.25, 0.3) is 0 Å². The lowest BCUT2D eigenvalue weighted by molar-refractivity contribution is -0.192. The van der Waals surface area contributed by atoms with Crippen LogP contribution in [0.15, 0.2) is 12.4 Å². The van der Waals surface area contributed by atoms with E-state index >= 15 is 0 Å². The Morgan fingerprint density at radius 2 is 1.77 bits per heavy atom. The molecule has 174 valence electrons. The van der Waals surface area contributed by atoms with Crippen LogP contribution in [0.2, 0.25) is 0 Å². The Kier molecular flexibility index (Phi) is 7.65. The highest BCUT2D eigenvalue weighted by atomic mass is 19.4. The first kappa shape index (κ1) is 23.6. The molecule has 1 atom stereocenters. The molecule has 8 nitrogen and oxygen atoms in total. The zero-order valence-electron chi connectivity index (χ0n) is 16.8. The molecule has 4 heterocycles. The van der Waals surface area contributed by atoms with Crippen LogP contribution in [0, 0.1) is 17.7 Å². The van der Waals surface area contributed by atoms with Crippen LogP contribution in [0.1, 0.15) is 19.3 Å². The van der Waals surface area contributed by atoms with Gasteiger partial charge in [0.2, 0.25) is 5.95 Å². The minimum absolute atomic E-state index is 0.145. The van der Waals surface area contributed by atoms with Gasteiger partial charge in [0.1, 0.15) is 5.60 Å². The van der Waals surface area contributed by atoms with Gasteiger partial charge in [-0.25, -0.2) is 19.2 Å². The number of carboxylic acid groups (broad SMARTS) is 1. The molecule has 3 fully saturated rings. The van der Waals surface area contributed by atoms with Crippen molar-refractivity contribution in [1.29, 1.82) is 0 Å². The summed E-state index contributed by atoms with van der Waals surface area (Å²) in [5.74, 6) is -1.56. The Morgan fingerprint density at radius 1 is 1.16 bits per heavy atom. The minimum atomic E-state index is -5.08. The lowest BCUT2D eigenvalue weighted by Gasteiger charge is -2.50. The van der Waals surface area contributed by atoms with Crippen molar-refractivity contribution < 1.29 is 41.7 Å². The van der Waals surface area contributed by atoms with E-state index in [2.05, 4.69) is 9.97 Å². The van der Waals surface area contributed by atoms with E-state index < -0.39 is 18.0 Å². The molecule has 1 unspecified atom stereocenters. The predicted octanol–water partition coefficient (Wildman–Crippen LogP) is 2.29. The first-order valence-electron chi connectivity index (χ1n) is 10.0. The topological polar surface area (TPSA) is 94.0 Å². The molecule has 1 N–H and O–H groups in total. The number of alkyl halides is 3. The molecule has 0 bridgehead atoms. The summed E-state index contributed by atoms with van der Waals surface area (Å²) in [4.78, 5) is 19.0. The predicted molar refractivity (Wildman–Crippen MR) is 99.0 cm³/mol. The molecule has 0 aliphatic carbocycles. The molecule has 12 heteroatoms. The van der Waals surface area contributed by atoms with Gasteiger partial charge in [-0.15, -0.1) is 0 Å². The lowest BCUT2D eigenvalue weighted by atomic mass is 9.81. The molecule has 0 radical (unpaired) electrons. The summed E-state index contributed by atoms with van der Waals surface area (Å²) in [6.07, 6.45) is 0.560. The standard InChI is InChI=1S/C17H24FN3O3.C2HF3O2/c18-15-7-19-16(20-8-15)21-11-17(12-21)14(3-6-24-17)10-23-9-13-1-4-22-5-2-13;3-2(4,5)1(6)7/h7-8,13-14H,1-6,9-12H2;(H,6,7). The summed E-state index contributed by atoms with van der Waals surface area (Å²) in [6, 6.07) is 0. The van der Waals surface area contributed by atoms with Crippen molar-refractivity contribution in [3.63, 3.8) is 0 Å². The van der Waals surface area contributed by atoms with Crippen molar-refractivity contribution in [3.05, 3.63) is 18.2 Å². The van der Waals surface area contributed by atoms with Gasteiger partial charge in [-0.2, -0.15) is 13.2 Å². The normalized spacial score (nSPS) is 23.2. The van der Waals surface area contributed by atoms with Crippen molar-refractivity contribution in [2.75, 3.05) is 51.0 Å². The molecule has 0 aromatic carbocycles. The SMILES string of the molecule is Fc1cnc(N2CC3(C2)OCCC3COCC2CCOCC2)nc1.O=C(O)C(F)(F)F. The van der Waals surface area contributed by atoms with Gasteiger partial charge in [0.15, 0.2) is 5.82 Å². The van der Waals surface area contributed by atoms with Gasteiger partial charge in [-0.05, 0) is 25.2 Å². The van der Waals surface area contributed by atoms with Crippen molar-refractivity contribution in [2.24, 2.45) is 11.8 Å². The molecule has 3 aliphatic rings. The summed E-state index contributed by atoms with van der Waals surface area (Å²) in [5, 5.41) is 7.12. The second-order valence-corrected chi connectivity index (χ2v) is 7.85. The maximum absolute atomic E-state index is 12.9. The van der Waals surface area contributed by atoms with Gasteiger partial charge in [-0.3, -0.25) is 0 Å². The summed E-state index contributed by atoms with van der Waals surface area (Å²) in [5.41, 5.74) is -0.145. The van der Waals surface area contributed by atoms with Gasteiger partial charge >= 0.3 is 12.1 Å². The fourth-order valence-corrected chi connectivity index (χ4v) is 3.87. The number of aliphatic carboxylic acids is 1. The second kappa shape index (κ2) is 10.0. The molecular weight excluding hydrogens is 426 g/mol. The summed E-state index contributed by atoms with van der Waals surface area (Å²) >= 11 is 0. The number of rotatable bonds is 5. The zero-order valence-corrected chi connectivity index (χ0v) is 16.8. The number of aromatic nitrogens is 2. The Bertz CT molecular complexity index is 722. The third-order valence-electron chi connectivity index (χ3n) is 5.66. The van der Waals surface area contributed by atoms with Crippen LogP contribution in [0.25, 0.3) is 0 Å². The van der Waals surface area contributed by atoms with Crippen molar-refractivity contribution in [3.8, 4) is 0 Å². The molecule has 3 aliphatic heterocycles. The fourth-order valence-electron chi connectivity index (χ4n) is 3.87. The monoisotopic (exact) mass is 451 g/mol. The van der Waals surface area contributed by atoms with Gasteiger partial charge in [0, 0.05) is 32.3 Å². The molecule has 1 aromatic heterocycles. The van der Waals surface area contributed by atoms with Crippen LogP contribution < -0.4 is 4.90 Å². The van der Waals surface area contributed by atoms with Crippen molar-refractivity contribution in [1.82, 2.24) is 9.97 Å². The molecule has 1 spiro atoms. The highest BCUT2D eigenvalue weighted by Crippen LogP contribution is 2.41. The average Bonchev–Trinajstić information content (AvgIpc) is 3.12. The van der Waals surface area contributed by atoms with Crippen LogP contribution in [-0.4, -0.2) is 78.9 Å². The number of carboxylic acids is 1. The quantitative estimate of drug-likeness (QED) is 0.682. The number of hydrogen-bond acceptors (Lipinski definition) is 7. The highest BCUT2D eigenvalue weighted by Gasteiger charge is 2.53. The molecular formula is C19H25F4N3O5. The van der Waals surface area contributed by atoms with E-state index in [4.69, 9.17) is 24.1 Å². The molecule has 31 heavy (non-hydrogen) atoms. The minimum Gasteiger partial charge on any atom is -0.475 e. The largest absolute Gasteiger partial charge is 0.490 e. The smallest absolute Gasteiger partial charge is 0.475 e. The first-order valence-corrected chi connectivity index (χ1v) is 10.0. The van der Waals surface area contributed by atoms with E-state index in [1.54, 1.807) is 0 Å². The highest BCUT2D eigenvalue weighted by molar-refractivity contribution is 5.73. The van der Waals surface area contributed by atoms with E-state index in [1.165, 1.54) is 12.4 Å². The average molecular weight is 451 g/mol. The Morgan fingerprint density at radius 3 is 2.35 bits per heavy atom. The number of halogens is 4. The summed E-state index contributed by atoms with van der Waals surface area (Å²) in [6.45, 7) is 5.57. The summed E-state index contributed by atoms with van der Waals surface area (Å²) < 4.78 is 62.1. The summed E-state index contributed by atoms with van der Waals surface area (Å²) in [7, 11) is 0. The molecule has 0 amide bonds. The van der Waals surface area contributed by atoms with Gasteiger partial charge < -0.3 is 24.2 Å². The first-order chi connectivity index (χ1) is 14.7. The zero-order chi connectivity index (χ0) is 22.5. The number of nitrogens with zero attached hydrogens (tertiary/aromatic N) is 3. The maximum atomic E-state index is 12.9. The lowest BCUT2D eigenvalue weighted by Crippen LogP contribution is -2.66. The van der Waals surface area contributed by atoms with Crippen LogP contribution >= 0.6 is 0 Å². The number of carbonyl (C=O) groups is 1. The molecule has 4 rings (SSSR count). The van der Waals surface area contributed by atoms with E-state index in [0.29, 0.717) is 17.8 Å². The van der Waals surface area contributed by atoms with E-state index in [9.17, 15) is 17.6 Å². The molecule has 0 saturated carbocycles. The Hall–Kier alpha value is -2.05.